The van der Waals surface area contributed by atoms with Gasteiger partial charge in [0.05, 0.1) is 0 Å². The second-order valence-corrected chi connectivity index (χ2v) is 5.02. The van der Waals surface area contributed by atoms with Crippen LogP contribution in [0.5, 0.6) is 0 Å². The number of fused-ring (bicyclic) bond motifs is 1. The van der Waals surface area contributed by atoms with Crippen molar-refractivity contribution in [2.24, 2.45) is 0 Å². The Kier molecular flexibility index (Phi) is 2.75. The van der Waals surface area contributed by atoms with Crippen molar-refractivity contribution in [1.82, 2.24) is 0 Å². The smallest absolute Gasteiger partial charge is 0.163 e. The van der Waals surface area contributed by atoms with Crippen LogP contribution in [-0.4, -0.2) is 5.78 Å². The Morgan fingerprint density at radius 1 is 1.06 bits per heavy atom. The molecule has 0 saturated heterocycles. The van der Waals surface area contributed by atoms with E-state index in [9.17, 15) is 4.79 Å². The van der Waals surface area contributed by atoms with E-state index < -0.39 is 0 Å². The average Bonchev–Trinajstić information content (AvgIpc) is 2.40. The van der Waals surface area contributed by atoms with Crippen LogP contribution >= 0.6 is 0 Å². The zero-order valence-electron chi connectivity index (χ0n) is 10.5. The van der Waals surface area contributed by atoms with Crippen LogP contribution in [0.3, 0.4) is 0 Å². The minimum atomic E-state index is 0.289. The van der Waals surface area contributed by atoms with E-state index in [1.807, 2.05) is 18.2 Å². The number of hydrogen-bond donors (Lipinski definition) is 0. The minimum absolute atomic E-state index is 0.289. The van der Waals surface area contributed by atoms with Crippen LogP contribution in [0.4, 0.5) is 0 Å². The SMILES string of the molecule is Cc1ccc2c(c1)C(c1ccccc1)CCC2=O. The van der Waals surface area contributed by atoms with Gasteiger partial charge in [-0.3, -0.25) is 4.79 Å². The molecule has 0 heterocycles. The Balaban J connectivity index is 2.13. The van der Waals surface area contributed by atoms with Gasteiger partial charge in [-0.2, -0.15) is 0 Å². The molecule has 1 nitrogen and oxygen atoms in total. The van der Waals surface area contributed by atoms with Gasteiger partial charge in [0.1, 0.15) is 0 Å². The molecule has 90 valence electrons. The van der Waals surface area contributed by atoms with E-state index >= 15 is 0 Å². The Bertz CT molecular complexity index is 584. The van der Waals surface area contributed by atoms with Crippen molar-refractivity contribution in [3.05, 3.63) is 70.8 Å². The first-order valence-electron chi connectivity index (χ1n) is 6.44. The third-order valence-corrected chi connectivity index (χ3v) is 3.74. The van der Waals surface area contributed by atoms with E-state index in [-0.39, 0.29) is 5.78 Å². The lowest BCUT2D eigenvalue weighted by atomic mass is 9.78. The Morgan fingerprint density at radius 2 is 1.83 bits per heavy atom. The lowest BCUT2D eigenvalue weighted by molar-refractivity contribution is 0.0969. The summed E-state index contributed by atoms with van der Waals surface area (Å²) < 4.78 is 0. The molecule has 0 N–H and O–H groups in total. The molecule has 1 aliphatic carbocycles. The van der Waals surface area contributed by atoms with Gasteiger partial charge in [-0.25, -0.2) is 0 Å². The Hall–Kier alpha value is -1.89. The van der Waals surface area contributed by atoms with Crippen LogP contribution < -0.4 is 0 Å². The van der Waals surface area contributed by atoms with Gasteiger partial charge in [0.2, 0.25) is 0 Å². The summed E-state index contributed by atoms with van der Waals surface area (Å²) in [5.41, 5.74) is 4.67. The first kappa shape index (κ1) is 11.2. The fourth-order valence-corrected chi connectivity index (χ4v) is 2.82. The fourth-order valence-electron chi connectivity index (χ4n) is 2.82. The number of benzene rings is 2. The summed E-state index contributed by atoms with van der Waals surface area (Å²) in [4.78, 5) is 12.0. The lowest BCUT2D eigenvalue weighted by Gasteiger charge is -2.25. The summed E-state index contributed by atoms with van der Waals surface area (Å²) in [6.07, 6.45) is 1.59. The largest absolute Gasteiger partial charge is 0.294 e. The highest BCUT2D eigenvalue weighted by molar-refractivity contribution is 5.99. The molecule has 1 aliphatic rings. The minimum Gasteiger partial charge on any atom is -0.294 e. The standard InChI is InChI=1S/C17H16O/c1-12-7-8-15-16(11-12)14(9-10-17(15)18)13-5-3-2-4-6-13/h2-8,11,14H,9-10H2,1H3. The highest BCUT2D eigenvalue weighted by atomic mass is 16.1. The topological polar surface area (TPSA) is 17.1 Å². The van der Waals surface area contributed by atoms with Gasteiger partial charge in [-0.15, -0.1) is 0 Å². The maximum absolute atomic E-state index is 12.0. The molecule has 0 radical (unpaired) electrons. The van der Waals surface area contributed by atoms with E-state index in [0.29, 0.717) is 12.3 Å². The van der Waals surface area contributed by atoms with Crippen molar-refractivity contribution in [2.75, 3.05) is 0 Å². The lowest BCUT2D eigenvalue weighted by Crippen LogP contribution is -2.16. The second kappa shape index (κ2) is 4.41. The van der Waals surface area contributed by atoms with Crippen molar-refractivity contribution in [2.45, 2.75) is 25.7 Å². The highest BCUT2D eigenvalue weighted by Crippen LogP contribution is 2.36. The molecule has 2 aromatic rings. The van der Waals surface area contributed by atoms with Crippen LogP contribution in [0.1, 0.15) is 45.8 Å². The first-order chi connectivity index (χ1) is 8.75. The monoisotopic (exact) mass is 236 g/mol. The number of hydrogen-bond acceptors (Lipinski definition) is 1. The number of carbonyl (C=O) groups excluding carboxylic acids is 1. The normalized spacial score (nSPS) is 18.5. The Labute approximate surface area is 107 Å². The molecule has 1 heteroatoms. The van der Waals surface area contributed by atoms with E-state index in [2.05, 4.69) is 37.3 Å². The summed E-state index contributed by atoms with van der Waals surface area (Å²) in [5, 5.41) is 0. The van der Waals surface area contributed by atoms with E-state index in [4.69, 9.17) is 0 Å². The summed E-state index contributed by atoms with van der Waals surface area (Å²) in [5.74, 6) is 0.663. The molecule has 0 fully saturated rings. The average molecular weight is 236 g/mol. The molecular weight excluding hydrogens is 220 g/mol. The van der Waals surface area contributed by atoms with E-state index in [0.717, 1.165) is 12.0 Å². The maximum atomic E-state index is 12.0. The van der Waals surface area contributed by atoms with Crippen LogP contribution in [0, 0.1) is 6.92 Å². The molecular formula is C17H16O. The quantitative estimate of drug-likeness (QED) is 0.728. The number of rotatable bonds is 1. The van der Waals surface area contributed by atoms with Crippen molar-refractivity contribution in [3.8, 4) is 0 Å². The molecule has 3 rings (SSSR count). The van der Waals surface area contributed by atoms with Crippen molar-refractivity contribution < 1.29 is 4.79 Å². The van der Waals surface area contributed by atoms with Gasteiger partial charge in [-0.05, 0) is 24.5 Å². The summed E-state index contributed by atoms with van der Waals surface area (Å²) in [6, 6.07) is 16.7. The van der Waals surface area contributed by atoms with Crippen molar-refractivity contribution in [1.29, 1.82) is 0 Å². The molecule has 0 aliphatic heterocycles. The highest BCUT2D eigenvalue weighted by Gasteiger charge is 2.26. The Morgan fingerprint density at radius 3 is 2.61 bits per heavy atom. The molecule has 0 spiro atoms. The third kappa shape index (κ3) is 1.86. The first-order valence-corrected chi connectivity index (χ1v) is 6.44. The summed E-state index contributed by atoms with van der Waals surface area (Å²) in [6.45, 7) is 2.08. The van der Waals surface area contributed by atoms with E-state index in [1.165, 1.54) is 16.7 Å². The molecule has 0 bridgehead atoms. The van der Waals surface area contributed by atoms with Crippen LogP contribution in [0.25, 0.3) is 0 Å². The van der Waals surface area contributed by atoms with Crippen molar-refractivity contribution >= 4 is 5.78 Å². The number of ketones is 1. The number of carbonyl (C=O) groups is 1. The zero-order chi connectivity index (χ0) is 12.5. The predicted molar refractivity (Wildman–Crippen MR) is 73.0 cm³/mol. The maximum Gasteiger partial charge on any atom is 0.163 e. The van der Waals surface area contributed by atoms with Gasteiger partial charge in [-0.1, -0.05) is 54.1 Å². The third-order valence-electron chi connectivity index (χ3n) is 3.74. The van der Waals surface area contributed by atoms with Gasteiger partial charge < -0.3 is 0 Å². The van der Waals surface area contributed by atoms with Crippen LogP contribution in [-0.2, 0) is 0 Å². The van der Waals surface area contributed by atoms with Crippen LogP contribution in [0.15, 0.2) is 48.5 Å². The predicted octanol–water partition coefficient (Wildman–Crippen LogP) is 4.10. The summed E-state index contributed by atoms with van der Waals surface area (Å²) in [7, 11) is 0. The number of Topliss-reactive ketones (excluding diaryl/α,β-unsaturated/α-hetero) is 1. The summed E-state index contributed by atoms with van der Waals surface area (Å²) >= 11 is 0. The molecule has 1 unspecified atom stereocenters. The van der Waals surface area contributed by atoms with E-state index in [1.54, 1.807) is 0 Å². The molecule has 2 aromatic carbocycles. The molecule has 18 heavy (non-hydrogen) atoms. The van der Waals surface area contributed by atoms with Gasteiger partial charge in [0, 0.05) is 17.9 Å². The molecule has 0 saturated carbocycles. The van der Waals surface area contributed by atoms with Gasteiger partial charge in [0.25, 0.3) is 0 Å². The molecule has 0 amide bonds. The molecule has 1 atom stereocenters. The fraction of sp³-hybridized carbons (Fsp3) is 0.235. The zero-order valence-corrected chi connectivity index (χ0v) is 10.5. The van der Waals surface area contributed by atoms with Crippen LogP contribution in [0.2, 0.25) is 0 Å². The van der Waals surface area contributed by atoms with Gasteiger partial charge >= 0.3 is 0 Å². The van der Waals surface area contributed by atoms with Crippen molar-refractivity contribution in [3.63, 3.8) is 0 Å². The second-order valence-electron chi connectivity index (χ2n) is 5.02. The van der Waals surface area contributed by atoms with Gasteiger partial charge in [0.15, 0.2) is 5.78 Å². The molecule has 0 aromatic heterocycles. The number of aryl methyl sites for hydroxylation is 1.